The minimum absolute atomic E-state index is 0. The van der Waals surface area contributed by atoms with Gasteiger partial charge in [0.2, 0.25) is 11.4 Å². The zero-order valence-corrected chi connectivity index (χ0v) is 38.2. The molecule has 0 saturated carbocycles. The molecule has 200 valence electrons. The maximum Gasteiger partial charge on any atom is 2.00 e. The van der Waals surface area contributed by atoms with Crippen LogP contribution in [0, 0.1) is 0 Å². The standard InChI is InChI=1S/2C10H23O2PS2.2S.3Zn/c2*1-3-5-7-9-11-13(14,15)12-10-8-6-4-2;;;;;/h2*3-10H2,1-2H3,(H,14,15);;;;;/q;;2*-2;3*+2. The van der Waals surface area contributed by atoms with Crippen molar-refractivity contribution in [1.82, 2.24) is 0 Å². The van der Waals surface area contributed by atoms with Crippen LogP contribution in [-0.4, -0.2) is 26.4 Å². The van der Waals surface area contributed by atoms with E-state index in [0.29, 0.717) is 26.4 Å². The topological polar surface area (TPSA) is 36.9 Å². The Hall–Kier alpha value is 4.41. The van der Waals surface area contributed by atoms with Crippen LogP contribution in [0.5, 0.6) is 0 Å². The van der Waals surface area contributed by atoms with Crippen molar-refractivity contribution in [2.24, 2.45) is 0 Å². The number of thiol groups is 2. The predicted molar refractivity (Wildman–Crippen MR) is 163 cm³/mol. The van der Waals surface area contributed by atoms with E-state index in [4.69, 9.17) is 41.7 Å². The SMILES string of the molecule is CCCCCOP(=S)(S)OCCCCC.CCCCCOP(=S)(S)OCCCCC.[S-2].[S-2].[Zn+2].[Zn+2].[Zn+2]. The van der Waals surface area contributed by atoms with Crippen LogP contribution in [-0.2, 0) is 127 Å². The van der Waals surface area contributed by atoms with Crippen LogP contribution >= 0.6 is 35.9 Å². The molecule has 0 aliphatic rings. The van der Waals surface area contributed by atoms with Crippen molar-refractivity contribution in [2.75, 3.05) is 26.4 Å². The first-order chi connectivity index (χ1) is 14.2. The number of rotatable bonds is 20. The van der Waals surface area contributed by atoms with E-state index in [9.17, 15) is 0 Å². The van der Waals surface area contributed by atoms with Crippen molar-refractivity contribution in [1.29, 1.82) is 0 Å². The van der Waals surface area contributed by atoms with Crippen LogP contribution < -0.4 is 0 Å². The summed E-state index contributed by atoms with van der Waals surface area (Å²) in [6.07, 6.45) is 13.7. The molecule has 0 aromatic heterocycles. The van der Waals surface area contributed by atoms with E-state index in [1.165, 1.54) is 51.4 Å². The molecule has 0 unspecified atom stereocenters. The summed E-state index contributed by atoms with van der Waals surface area (Å²) in [5.74, 6) is 0. The molecule has 4 nitrogen and oxygen atoms in total. The van der Waals surface area contributed by atoms with E-state index < -0.39 is 11.4 Å². The molecule has 0 radical (unpaired) electrons. The second-order valence-electron chi connectivity index (χ2n) is 7.10. The van der Waals surface area contributed by atoms with E-state index in [0.717, 1.165) is 25.7 Å². The third-order valence-electron chi connectivity index (χ3n) is 4.01. The van der Waals surface area contributed by atoms with Gasteiger partial charge in [0.15, 0.2) is 0 Å². The third-order valence-corrected chi connectivity index (χ3v) is 8.70. The summed E-state index contributed by atoms with van der Waals surface area (Å²) in [6, 6.07) is 0. The van der Waals surface area contributed by atoms with Crippen molar-refractivity contribution in [3.63, 3.8) is 0 Å². The Morgan fingerprint density at radius 1 is 0.457 bits per heavy atom. The summed E-state index contributed by atoms with van der Waals surface area (Å²) in [5.41, 5.74) is -4.49. The fourth-order valence-electron chi connectivity index (χ4n) is 2.20. The van der Waals surface area contributed by atoms with Gasteiger partial charge < -0.3 is 45.1 Å². The summed E-state index contributed by atoms with van der Waals surface area (Å²) < 4.78 is 21.9. The van der Waals surface area contributed by atoms with Gasteiger partial charge in [-0.15, -0.1) is 0 Å². The molecule has 0 aromatic rings. The maximum absolute atomic E-state index is 5.48. The summed E-state index contributed by atoms with van der Waals surface area (Å²) in [7, 11) is 0. The molecule has 0 N–H and O–H groups in total. The molecule has 0 aromatic carbocycles. The van der Waals surface area contributed by atoms with Gasteiger partial charge in [0.1, 0.15) is 0 Å². The molecule has 0 rings (SSSR count). The number of unbranched alkanes of at least 4 members (excludes halogenated alkanes) is 8. The summed E-state index contributed by atoms with van der Waals surface area (Å²) >= 11 is 18.9. The van der Waals surface area contributed by atoms with Crippen molar-refractivity contribution in [3.05, 3.63) is 0 Å². The Balaban J connectivity index is -0.0000000784. The van der Waals surface area contributed by atoms with Gasteiger partial charge in [-0.25, -0.2) is 0 Å². The van der Waals surface area contributed by atoms with Crippen LogP contribution in [0.4, 0.5) is 0 Å². The monoisotopic (exact) mass is 796 g/mol. The minimum Gasteiger partial charge on any atom is -2.00 e. The predicted octanol–water partition coefficient (Wildman–Crippen LogP) is 9.10. The van der Waals surface area contributed by atoms with Gasteiger partial charge >= 0.3 is 58.4 Å². The average molecular weight is 801 g/mol. The second kappa shape index (κ2) is 40.5. The molecule has 0 spiro atoms. The van der Waals surface area contributed by atoms with Gasteiger partial charge in [0.05, 0.1) is 26.4 Å². The summed E-state index contributed by atoms with van der Waals surface area (Å²) in [5, 5.41) is 0. The normalized spacial score (nSPS) is 10.2. The molecule has 15 heteroatoms. The zero-order chi connectivity index (χ0) is 23.1. The summed E-state index contributed by atoms with van der Waals surface area (Å²) in [4.78, 5) is 0. The third kappa shape index (κ3) is 48.5. The van der Waals surface area contributed by atoms with Crippen molar-refractivity contribution < 1.29 is 76.5 Å². The van der Waals surface area contributed by atoms with Crippen LogP contribution in [0.1, 0.15) is 105 Å². The first-order valence-corrected chi connectivity index (χ1v) is 19.1. The Morgan fingerprint density at radius 3 is 0.771 bits per heavy atom. The van der Waals surface area contributed by atoms with E-state index >= 15 is 0 Å². The Bertz CT molecular complexity index is 405. The second-order valence-corrected chi connectivity index (χ2v) is 17.7. The molecule has 0 heterocycles. The largest absolute Gasteiger partial charge is 2.00 e. The van der Waals surface area contributed by atoms with Crippen molar-refractivity contribution >= 4 is 86.5 Å². The van der Waals surface area contributed by atoms with Crippen LogP contribution in [0.15, 0.2) is 0 Å². The number of hydrogen-bond donors (Lipinski definition) is 2. The fraction of sp³-hybridized carbons (Fsp3) is 1.00. The first-order valence-electron chi connectivity index (χ1n) is 11.5. The zero-order valence-electron chi connectivity index (χ0n) is 22.5. The molecule has 0 atom stereocenters. The smallest absolute Gasteiger partial charge is 2.00 e. The first kappa shape index (κ1) is 55.4. The van der Waals surface area contributed by atoms with Gasteiger partial charge in [-0.3, -0.25) is 0 Å². The molecule has 35 heavy (non-hydrogen) atoms. The molecule has 0 saturated heterocycles. The van der Waals surface area contributed by atoms with E-state index in [1.807, 2.05) is 0 Å². The van der Waals surface area contributed by atoms with Crippen LogP contribution in [0.2, 0.25) is 0 Å². The van der Waals surface area contributed by atoms with Gasteiger partial charge in [0.25, 0.3) is 0 Å². The summed E-state index contributed by atoms with van der Waals surface area (Å²) in [6.45, 7) is 11.4. The van der Waals surface area contributed by atoms with Gasteiger partial charge in [-0.05, 0) is 49.3 Å². The van der Waals surface area contributed by atoms with Crippen molar-refractivity contribution in [2.45, 2.75) is 105 Å². The molecular weight excluding hydrogens is 755 g/mol. The quantitative estimate of drug-likeness (QED) is 0.0555. The van der Waals surface area contributed by atoms with Crippen molar-refractivity contribution in [3.8, 4) is 0 Å². The van der Waals surface area contributed by atoms with Crippen LogP contribution in [0.3, 0.4) is 0 Å². The van der Waals surface area contributed by atoms with Crippen LogP contribution in [0.25, 0.3) is 0 Å². The number of hydrogen-bond acceptors (Lipinski definition) is 6. The fourth-order valence-corrected chi connectivity index (χ4v) is 5.66. The van der Waals surface area contributed by atoms with Gasteiger partial charge in [-0.1, -0.05) is 104 Å². The average Bonchev–Trinajstić information content (AvgIpc) is 2.70. The molecule has 0 aliphatic carbocycles. The van der Waals surface area contributed by atoms with E-state index in [2.05, 4.69) is 52.2 Å². The van der Waals surface area contributed by atoms with E-state index in [-0.39, 0.29) is 85.4 Å². The minimum atomic E-state index is -2.25. The Labute approximate surface area is 291 Å². The van der Waals surface area contributed by atoms with E-state index in [1.54, 1.807) is 0 Å². The maximum atomic E-state index is 5.48. The molecule has 0 fully saturated rings. The van der Waals surface area contributed by atoms with Gasteiger partial charge in [0, 0.05) is 0 Å². The Morgan fingerprint density at radius 2 is 0.629 bits per heavy atom. The molecule has 0 aliphatic heterocycles. The Kier molecular flexibility index (Phi) is 64.1. The van der Waals surface area contributed by atoms with Gasteiger partial charge in [-0.2, -0.15) is 0 Å². The molecule has 0 amide bonds. The molecule has 0 bridgehead atoms. The molecular formula is C20H46O4P2S6Zn3+2.